The first-order valence-electron chi connectivity index (χ1n) is 6.16. The molecule has 0 saturated carbocycles. The third-order valence-electron chi connectivity index (χ3n) is 2.48. The van der Waals surface area contributed by atoms with Crippen molar-refractivity contribution in [3.05, 3.63) is 29.3 Å². The highest BCUT2D eigenvalue weighted by atomic mass is 16.5. The molecule has 0 aliphatic heterocycles. The van der Waals surface area contributed by atoms with E-state index in [0.717, 1.165) is 5.56 Å². The molecule has 0 aliphatic carbocycles. The summed E-state index contributed by atoms with van der Waals surface area (Å²) in [5, 5.41) is 14.8. The Labute approximate surface area is 113 Å². The van der Waals surface area contributed by atoms with Gasteiger partial charge in [0.2, 0.25) is 0 Å². The van der Waals surface area contributed by atoms with Crippen LogP contribution in [0.2, 0.25) is 0 Å². The molecule has 0 fully saturated rings. The number of ether oxygens (including phenoxy) is 1. The SMILES string of the molecule is C/C(=N\O)c1cc(C)ccc1OCC(=O)NC(C)C. The molecule has 0 aliphatic rings. The topological polar surface area (TPSA) is 70.9 Å². The summed E-state index contributed by atoms with van der Waals surface area (Å²) in [4.78, 5) is 11.5. The van der Waals surface area contributed by atoms with Crippen molar-refractivity contribution in [2.24, 2.45) is 5.16 Å². The maximum Gasteiger partial charge on any atom is 0.258 e. The van der Waals surface area contributed by atoms with Crippen molar-refractivity contribution in [3.8, 4) is 5.75 Å². The molecule has 104 valence electrons. The minimum Gasteiger partial charge on any atom is -0.483 e. The van der Waals surface area contributed by atoms with Crippen LogP contribution in [0.5, 0.6) is 5.75 Å². The molecule has 5 heteroatoms. The lowest BCUT2D eigenvalue weighted by Crippen LogP contribution is -2.34. The number of carbonyl (C=O) groups excluding carboxylic acids is 1. The first-order chi connectivity index (χ1) is 8.93. The average molecular weight is 264 g/mol. The van der Waals surface area contributed by atoms with Gasteiger partial charge in [0, 0.05) is 11.6 Å². The second-order valence-electron chi connectivity index (χ2n) is 4.70. The number of benzene rings is 1. The Hall–Kier alpha value is -2.04. The molecule has 1 amide bonds. The summed E-state index contributed by atoms with van der Waals surface area (Å²) >= 11 is 0. The van der Waals surface area contributed by atoms with Crippen molar-refractivity contribution in [1.29, 1.82) is 0 Å². The monoisotopic (exact) mass is 264 g/mol. The van der Waals surface area contributed by atoms with Gasteiger partial charge in [-0.2, -0.15) is 0 Å². The van der Waals surface area contributed by atoms with Crippen molar-refractivity contribution >= 4 is 11.6 Å². The predicted molar refractivity (Wildman–Crippen MR) is 74.0 cm³/mol. The van der Waals surface area contributed by atoms with Gasteiger partial charge in [-0.15, -0.1) is 0 Å². The van der Waals surface area contributed by atoms with Crippen LogP contribution in [0, 0.1) is 6.92 Å². The molecular formula is C14H20N2O3. The number of hydrogen-bond acceptors (Lipinski definition) is 4. The zero-order valence-corrected chi connectivity index (χ0v) is 11.7. The van der Waals surface area contributed by atoms with Crippen LogP contribution in [0.15, 0.2) is 23.4 Å². The van der Waals surface area contributed by atoms with Gasteiger partial charge in [-0.3, -0.25) is 4.79 Å². The van der Waals surface area contributed by atoms with Gasteiger partial charge in [0.15, 0.2) is 6.61 Å². The predicted octanol–water partition coefficient (Wildman–Crippen LogP) is 2.10. The van der Waals surface area contributed by atoms with Gasteiger partial charge in [0.25, 0.3) is 5.91 Å². The number of oxime groups is 1. The van der Waals surface area contributed by atoms with Gasteiger partial charge in [-0.25, -0.2) is 0 Å². The van der Waals surface area contributed by atoms with E-state index in [1.54, 1.807) is 13.0 Å². The molecule has 5 nitrogen and oxygen atoms in total. The number of rotatable bonds is 5. The molecule has 1 rings (SSSR count). The molecule has 19 heavy (non-hydrogen) atoms. The van der Waals surface area contributed by atoms with Crippen LogP contribution in [-0.4, -0.2) is 29.5 Å². The minimum absolute atomic E-state index is 0.0626. The summed E-state index contributed by atoms with van der Waals surface area (Å²) in [5.41, 5.74) is 2.15. The lowest BCUT2D eigenvalue weighted by atomic mass is 10.1. The van der Waals surface area contributed by atoms with E-state index >= 15 is 0 Å². The lowest BCUT2D eigenvalue weighted by Gasteiger charge is -2.13. The van der Waals surface area contributed by atoms with E-state index in [1.807, 2.05) is 32.9 Å². The molecule has 0 heterocycles. The van der Waals surface area contributed by atoms with Crippen LogP contribution in [0.25, 0.3) is 0 Å². The second kappa shape index (κ2) is 6.78. The van der Waals surface area contributed by atoms with Crippen LogP contribution in [0.1, 0.15) is 31.9 Å². The molecular weight excluding hydrogens is 244 g/mol. The van der Waals surface area contributed by atoms with E-state index in [4.69, 9.17) is 9.94 Å². The quantitative estimate of drug-likeness (QED) is 0.486. The highest BCUT2D eigenvalue weighted by Crippen LogP contribution is 2.20. The van der Waals surface area contributed by atoms with Gasteiger partial charge in [-0.05, 0) is 39.8 Å². The number of carbonyl (C=O) groups is 1. The van der Waals surface area contributed by atoms with E-state index in [2.05, 4.69) is 10.5 Å². The molecule has 0 atom stereocenters. The number of nitrogens with one attached hydrogen (secondary N) is 1. The van der Waals surface area contributed by atoms with E-state index < -0.39 is 0 Å². The third-order valence-corrected chi connectivity index (χ3v) is 2.48. The molecule has 0 radical (unpaired) electrons. The molecule has 0 aromatic heterocycles. The normalized spacial score (nSPS) is 11.5. The first-order valence-corrected chi connectivity index (χ1v) is 6.16. The van der Waals surface area contributed by atoms with Crippen molar-refractivity contribution < 1.29 is 14.7 Å². The standard InChI is InChI=1S/C14H20N2O3/c1-9(2)15-14(17)8-19-13-6-5-10(3)7-12(13)11(4)16-18/h5-7,9,18H,8H2,1-4H3,(H,15,17)/b16-11+. The van der Waals surface area contributed by atoms with Crippen molar-refractivity contribution in [1.82, 2.24) is 5.32 Å². The van der Waals surface area contributed by atoms with Gasteiger partial charge < -0.3 is 15.3 Å². The summed E-state index contributed by atoms with van der Waals surface area (Å²) in [6.07, 6.45) is 0. The lowest BCUT2D eigenvalue weighted by molar-refractivity contribution is -0.123. The minimum atomic E-state index is -0.180. The van der Waals surface area contributed by atoms with E-state index in [-0.39, 0.29) is 18.6 Å². The second-order valence-corrected chi connectivity index (χ2v) is 4.70. The summed E-state index contributed by atoms with van der Waals surface area (Å²) in [5.74, 6) is 0.347. The largest absolute Gasteiger partial charge is 0.483 e. The number of amides is 1. The Morgan fingerprint density at radius 2 is 2.16 bits per heavy atom. The molecule has 0 bridgehead atoms. The average Bonchev–Trinajstić information content (AvgIpc) is 2.35. The zero-order valence-electron chi connectivity index (χ0n) is 11.7. The van der Waals surface area contributed by atoms with E-state index in [1.165, 1.54) is 0 Å². The fourth-order valence-electron chi connectivity index (χ4n) is 1.61. The summed E-state index contributed by atoms with van der Waals surface area (Å²) in [6, 6.07) is 5.57. The van der Waals surface area contributed by atoms with Crippen LogP contribution < -0.4 is 10.1 Å². The van der Waals surface area contributed by atoms with Crippen molar-refractivity contribution in [2.75, 3.05) is 6.61 Å². The molecule has 0 spiro atoms. The number of nitrogens with zero attached hydrogens (tertiary/aromatic N) is 1. The highest BCUT2D eigenvalue weighted by Gasteiger charge is 2.10. The molecule has 0 unspecified atom stereocenters. The highest BCUT2D eigenvalue weighted by molar-refractivity contribution is 6.01. The Bertz CT molecular complexity index is 482. The Kier molecular flexibility index (Phi) is 5.36. The summed E-state index contributed by atoms with van der Waals surface area (Å²) in [6.45, 7) is 7.32. The Morgan fingerprint density at radius 3 is 2.74 bits per heavy atom. The maximum atomic E-state index is 11.5. The summed E-state index contributed by atoms with van der Waals surface area (Å²) < 4.78 is 5.47. The molecule has 1 aromatic rings. The van der Waals surface area contributed by atoms with Crippen molar-refractivity contribution in [3.63, 3.8) is 0 Å². The molecule has 0 saturated heterocycles. The van der Waals surface area contributed by atoms with Gasteiger partial charge in [0.1, 0.15) is 5.75 Å². The Balaban J connectivity index is 2.81. The third kappa shape index (κ3) is 4.62. The fourth-order valence-corrected chi connectivity index (χ4v) is 1.61. The van der Waals surface area contributed by atoms with E-state index in [9.17, 15) is 4.79 Å². The first kappa shape index (κ1) is 15.0. The fraction of sp³-hybridized carbons (Fsp3) is 0.429. The van der Waals surface area contributed by atoms with Crippen LogP contribution in [-0.2, 0) is 4.79 Å². The van der Waals surface area contributed by atoms with Gasteiger partial charge in [0.05, 0.1) is 5.71 Å². The maximum absolute atomic E-state index is 11.5. The number of aryl methyl sites for hydroxylation is 1. The van der Waals surface area contributed by atoms with Gasteiger partial charge >= 0.3 is 0 Å². The Morgan fingerprint density at radius 1 is 1.47 bits per heavy atom. The van der Waals surface area contributed by atoms with E-state index in [0.29, 0.717) is 17.0 Å². The number of hydrogen-bond donors (Lipinski definition) is 2. The zero-order chi connectivity index (χ0) is 14.4. The van der Waals surface area contributed by atoms with Gasteiger partial charge in [-0.1, -0.05) is 16.8 Å². The van der Waals surface area contributed by atoms with Crippen molar-refractivity contribution in [2.45, 2.75) is 33.7 Å². The smallest absolute Gasteiger partial charge is 0.258 e. The summed E-state index contributed by atoms with van der Waals surface area (Å²) in [7, 11) is 0. The molecule has 2 N–H and O–H groups in total. The van der Waals surface area contributed by atoms with Crippen LogP contribution in [0.4, 0.5) is 0 Å². The molecule has 1 aromatic carbocycles. The van der Waals surface area contributed by atoms with Crippen LogP contribution >= 0.6 is 0 Å². The van der Waals surface area contributed by atoms with Crippen LogP contribution in [0.3, 0.4) is 0 Å².